The molecule has 0 radical (unpaired) electrons. The molecule has 174 valence electrons. The molecular weight excluding hydrogens is 518 g/mol. The first kappa shape index (κ1) is 23.3. The number of imidazole rings is 1. The van der Waals surface area contributed by atoms with E-state index < -0.39 is 25.5 Å². The molecule has 0 fully saturated rings. The lowest BCUT2D eigenvalue weighted by Gasteiger charge is -2.16. The maximum Gasteiger partial charge on any atom is 0.439 e. The van der Waals surface area contributed by atoms with E-state index in [9.17, 15) is 13.6 Å². The highest BCUT2D eigenvalue weighted by Gasteiger charge is 2.22. The van der Waals surface area contributed by atoms with Crippen LogP contribution in [0.5, 0.6) is 11.8 Å². The van der Waals surface area contributed by atoms with Crippen LogP contribution in [-0.2, 0) is 11.5 Å². The summed E-state index contributed by atoms with van der Waals surface area (Å²) in [4.78, 5) is 18.0. The molecule has 4 aromatic rings. The van der Waals surface area contributed by atoms with E-state index in [4.69, 9.17) is 9.47 Å². The maximum absolute atomic E-state index is 15.0. The van der Waals surface area contributed by atoms with Crippen molar-refractivity contribution in [2.45, 2.75) is 32.4 Å². The summed E-state index contributed by atoms with van der Waals surface area (Å²) in [5.74, 6) is -1.68. The minimum atomic E-state index is -1.32. The average molecular weight is 539 g/mol. The van der Waals surface area contributed by atoms with Gasteiger partial charge in [-0.05, 0) is 34.1 Å². The number of halogens is 3. The molecule has 8 nitrogen and oxygen atoms in total. The van der Waals surface area contributed by atoms with E-state index in [0.29, 0.717) is 17.9 Å². The zero-order chi connectivity index (χ0) is 23.8. The summed E-state index contributed by atoms with van der Waals surface area (Å²) >= 11 is 2.94. The van der Waals surface area contributed by atoms with Crippen LogP contribution in [0.2, 0.25) is 25.7 Å². The quantitative estimate of drug-likeness (QED) is 0.180. The number of fused-ring (bicyclic) bond motifs is 1. The summed E-state index contributed by atoms with van der Waals surface area (Å²) in [6, 6.07) is 8.74. The predicted molar refractivity (Wildman–Crippen MR) is 124 cm³/mol. The van der Waals surface area contributed by atoms with Crippen molar-refractivity contribution in [1.29, 1.82) is 0 Å². The van der Waals surface area contributed by atoms with E-state index in [-0.39, 0.29) is 34.1 Å². The van der Waals surface area contributed by atoms with Crippen LogP contribution in [0.25, 0.3) is 22.4 Å². The first-order chi connectivity index (χ1) is 15.6. The molecule has 33 heavy (non-hydrogen) atoms. The van der Waals surface area contributed by atoms with Gasteiger partial charge in [-0.15, -0.1) is 0 Å². The van der Waals surface area contributed by atoms with E-state index in [0.717, 1.165) is 12.1 Å². The second kappa shape index (κ2) is 9.19. The number of ether oxygens (including phenoxy) is 2. The minimum absolute atomic E-state index is 0.0262. The Balaban J connectivity index is 1.69. The third-order valence-corrected chi connectivity index (χ3v) is 7.24. The van der Waals surface area contributed by atoms with Crippen LogP contribution in [0.1, 0.15) is 0 Å². The van der Waals surface area contributed by atoms with E-state index in [1.54, 1.807) is 24.3 Å². The Morgan fingerprint density at radius 1 is 1.24 bits per heavy atom. The summed E-state index contributed by atoms with van der Waals surface area (Å²) in [6.45, 7) is 7.15. The molecule has 2 aromatic carbocycles. The lowest BCUT2D eigenvalue weighted by molar-refractivity contribution is 0.0846. The Morgan fingerprint density at radius 3 is 2.73 bits per heavy atom. The van der Waals surface area contributed by atoms with Crippen molar-refractivity contribution >= 4 is 35.0 Å². The van der Waals surface area contributed by atoms with E-state index in [1.807, 2.05) is 0 Å². The highest BCUT2D eigenvalue weighted by molar-refractivity contribution is 9.10. The Morgan fingerprint density at radius 2 is 2.03 bits per heavy atom. The van der Waals surface area contributed by atoms with Gasteiger partial charge in [0.15, 0.2) is 11.6 Å². The van der Waals surface area contributed by atoms with Crippen LogP contribution >= 0.6 is 15.9 Å². The molecule has 2 heterocycles. The second-order valence-corrected chi connectivity index (χ2v) is 15.0. The van der Waals surface area contributed by atoms with Gasteiger partial charge in [-0.2, -0.15) is 4.98 Å². The highest BCUT2D eigenvalue weighted by Crippen LogP contribution is 2.33. The fourth-order valence-electron chi connectivity index (χ4n) is 3.07. The SMILES string of the molecule is C[Si](C)(C)CCOCn1c(Oc2cccc(-c3noc(=O)[nH]3)c2)nc2cc(F)c(Br)c(F)c21. The van der Waals surface area contributed by atoms with Crippen molar-refractivity contribution in [3.8, 4) is 23.1 Å². The fraction of sp³-hybridized carbons (Fsp3) is 0.286. The number of H-pyrrole nitrogens is 1. The number of aromatic amines is 1. The van der Waals surface area contributed by atoms with Crippen LogP contribution < -0.4 is 10.5 Å². The summed E-state index contributed by atoms with van der Waals surface area (Å²) in [5.41, 5.74) is 0.685. The van der Waals surface area contributed by atoms with Crippen molar-refractivity contribution in [3.63, 3.8) is 0 Å². The summed E-state index contributed by atoms with van der Waals surface area (Å²) in [7, 11) is -1.32. The third-order valence-electron chi connectivity index (χ3n) is 4.81. The second-order valence-electron chi connectivity index (χ2n) is 8.60. The lowest BCUT2D eigenvalue weighted by Crippen LogP contribution is -2.22. The van der Waals surface area contributed by atoms with Crippen molar-refractivity contribution in [2.24, 2.45) is 0 Å². The zero-order valence-electron chi connectivity index (χ0n) is 18.1. The Labute approximate surface area is 196 Å². The number of aromatic nitrogens is 4. The van der Waals surface area contributed by atoms with Gasteiger partial charge < -0.3 is 9.47 Å². The number of rotatable bonds is 8. The molecule has 1 N–H and O–H groups in total. The minimum Gasteiger partial charge on any atom is -0.425 e. The van der Waals surface area contributed by atoms with Crippen LogP contribution in [-0.4, -0.2) is 34.4 Å². The van der Waals surface area contributed by atoms with Gasteiger partial charge in [-0.25, -0.2) is 13.6 Å². The Hall–Kier alpha value is -2.83. The van der Waals surface area contributed by atoms with Gasteiger partial charge in [0, 0.05) is 26.3 Å². The van der Waals surface area contributed by atoms with Crippen molar-refractivity contribution in [3.05, 3.63) is 57.0 Å². The summed E-state index contributed by atoms with van der Waals surface area (Å²) in [5, 5.41) is 3.65. The number of hydrogen-bond acceptors (Lipinski definition) is 6. The molecule has 2 aromatic heterocycles. The molecule has 0 unspecified atom stereocenters. The summed E-state index contributed by atoms with van der Waals surface area (Å²) < 4.78 is 46.5. The van der Waals surface area contributed by atoms with Gasteiger partial charge in [-0.1, -0.05) is 36.9 Å². The van der Waals surface area contributed by atoms with Gasteiger partial charge in [0.2, 0.25) is 0 Å². The first-order valence-electron chi connectivity index (χ1n) is 10.1. The molecule has 0 spiro atoms. The monoisotopic (exact) mass is 538 g/mol. The molecular formula is C21H21BrF2N4O4Si. The molecule has 0 amide bonds. The maximum atomic E-state index is 15.0. The third kappa shape index (κ3) is 5.23. The number of benzene rings is 2. The van der Waals surface area contributed by atoms with Crippen LogP contribution in [0.4, 0.5) is 8.78 Å². The predicted octanol–water partition coefficient (Wildman–Crippen LogP) is 5.52. The largest absolute Gasteiger partial charge is 0.439 e. The molecule has 0 aliphatic heterocycles. The van der Waals surface area contributed by atoms with Crippen LogP contribution in [0.15, 0.2) is 44.1 Å². The fourth-order valence-corrected chi connectivity index (χ4v) is 4.13. The number of nitrogens with one attached hydrogen (secondary N) is 1. The molecule has 4 rings (SSSR count). The zero-order valence-corrected chi connectivity index (χ0v) is 20.7. The molecule has 0 atom stereocenters. The Kier molecular flexibility index (Phi) is 6.50. The van der Waals surface area contributed by atoms with Gasteiger partial charge >= 0.3 is 11.8 Å². The number of hydrogen-bond donors (Lipinski definition) is 1. The van der Waals surface area contributed by atoms with E-state index in [2.05, 4.69) is 55.2 Å². The first-order valence-corrected chi connectivity index (χ1v) is 14.6. The molecule has 0 aliphatic rings. The highest BCUT2D eigenvalue weighted by atomic mass is 79.9. The Bertz CT molecular complexity index is 1360. The van der Waals surface area contributed by atoms with Crippen molar-refractivity contribution in [2.75, 3.05) is 6.61 Å². The van der Waals surface area contributed by atoms with E-state index in [1.165, 1.54) is 4.57 Å². The lowest BCUT2D eigenvalue weighted by atomic mass is 10.2. The standard InChI is InChI=1S/C21H21BrF2N4O4Si/c1-33(2,3)8-7-30-11-28-18-15(10-14(23)16(22)17(18)24)25-20(28)31-13-6-4-5-12(9-13)19-26-21(29)32-27-19/h4-6,9-10H,7-8,11H2,1-3H3,(H,26,27,29). The topological polar surface area (TPSA) is 95.2 Å². The van der Waals surface area contributed by atoms with Crippen LogP contribution in [0.3, 0.4) is 0 Å². The van der Waals surface area contributed by atoms with E-state index >= 15 is 0 Å². The van der Waals surface area contributed by atoms with Crippen molar-refractivity contribution in [1.82, 2.24) is 19.7 Å². The molecule has 0 bridgehead atoms. The van der Waals surface area contributed by atoms with Gasteiger partial charge in [-0.3, -0.25) is 14.1 Å². The smallest absolute Gasteiger partial charge is 0.425 e. The molecule has 0 saturated carbocycles. The van der Waals surface area contributed by atoms with Crippen LogP contribution in [0, 0.1) is 11.6 Å². The molecule has 12 heteroatoms. The van der Waals surface area contributed by atoms with Gasteiger partial charge in [0.05, 0.1) is 9.99 Å². The average Bonchev–Trinajstić information content (AvgIpc) is 3.32. The molecule has 0 aliphatic carbocycles. The normalized spacial score (nSPS) is 11.9. The molecule has 0 saturated heterocycles. The number of nitrogens with zero attached hydrogens (tertiary/aromatic N) is 3. The van der Waals surface area contributed by atoms with Crippen molar-refractivity contribution < 1.29 is 22.8 Å². The summed E-state index contributed by atoms with van der Waals surface area (Å²) in [6.07, 6.45) is 0. The van der Waals surface area contributed by atoms with Gasteiger partial charge in [0.1, 0.15) is 23.8 Å². The van der Waals surface area contributed by atoms with Gasteiger partial charge in [0.25, 0.3) is 0 Å².